The van der Waals surface area contributed by atoms with Crippen molar-refractivity contribution < 1.29 is 4.79 Å². The van der Waals surface area contributed by atoms with Gasteiger partial charge in [-0.2, -0.15) is 0 Å². The summed E-state index contributed by atoms with van der Waals surface area (Å²) < 4.78 is 0. The SMILES string of the molecule is O=C(Nc1c(Cl)ncnc1Cl)c1sccc1Cl. The topological polar surface area (TPSA) is 54.9 Å². The molecular formula is C9H4Cl3N3OS. The molecule has 8 heteroatoms. The van der Waals surface area contributed by atoms with Crippen LogP contribution in [0.3, 0.4) is 0 Å². The molecule has 2 aromatic rings. The van der Waals surface area contributed by atoms with Crippen molar-refractivity contribution in [2.45, 2.75) is 0 Å². The predicted octanol–water partition coefficient (Wildman–Crippen LogP) is 3.75. The summed E-state index contributed by atoms with van der Waals surface area (Å²) in [5, 5.41) is 4.75. The van der Waals surface area contributed by atoms with Gasteiger partial charge in [-0.05, 0) is 11.4 Å². The van der Waals surface area contributed by atoms with Gasteiger partial charge in [0.15, 0.2) is 10.3 Å². The Morgan fingerprint density at radius 3 is 2.41 bits per heavy atom. The lowest BCUT2D eigenvalue weighted by atomic mass is 10.4. The highest BCUT2D eigenvalue weighted by Crippen LogP contribution is 2.28. The van der Waals surface area contributed by atoms with E-state index in [0.717, 1.165) is 0 Å². The van der Waals surface area contributed by atoms with E-state index in [2.05, 4.69) is 15.3 Å². The summed E-state index contributed by atoms with van der Waals surface area (Å²) in [7, 11) is 0. The third-order valence-electron chi connectivity index (χ3n) is 1.82. The minimum Gasteiger partial charge on any atom is -0.316 e. The highest BCUT2D eigenvalue weighted by Gasteiger charge is 2.16. The number of halogens is 3. The van der Waals surface area contributed by atoms with Crippen LogP contribution in [0.4, 0.5) is 5.69 Å². The Morgan fingerprint density at radius 2 is 1.88 bits per heavy atom. The minimum absolute atomic E-state index is 0.0750. The number of hydrogen-bond donors (Lipinski definition) is 1. The Bertz CT molecular complexity index is 552. The van der Waals surface area contributed by atoms with Gasteiger partial charge in [0.25, 0.3) is 5.91 Å². The van der Waals surface area contributed by atoms with E-state index in [1.807, 2.05) is 0 Å². The molecule has 17 heavy (non-hydrogen) atoms. The number of hydrogen-bond acceptors (Lipinski definition) is 4. The van der Waals surface area contributed by atoms with Gasteiger partial charge in [0.2, 0.25) is 0 Å². The quantitative estimate of drug-likeness (QED) is 0.860. The van der Waals surface area contributed by atoms with Crippen molar-refractivity contribution in [1.29, 1.82) is 0 Å². The maximum Gasteiger partial charge on any atom is 0.267 e. The minimum atomic E-state index is -0.399. The number of carbonyl (C=O) groups is 1. The van der Waals surface area contributed by atoms with E-state index in [-0.39, 0.29) is 16.0 Å². The van der Waals surface area contributed by atoms with E-state index in [1.54, 1.807) is 11.4 Å². The average molecular weight is 309 g/mol. The van der Waals surface area contributed by atoms with Crippen molar-refractivity contribution in [2.24, 2.45) is 0 Å². The lowest BCUT2D eigenvalue weighted by Crippen LogP contribution is -2.12. The smallest absolute Gasteiger partial charge is 0.267 e. The molecule has 0 spiro atoms. The molecule has 0 radical (unpaired) electrons. The van der Waals surface area contributed by atoms with Crippen LogP contribution < -0.4 is 5.32 Å². The van der Waals surface area contributed by atoms with E-state index in [0.29, 0.717) is 9.90 Å². The maximum atomic E-state index is 11.8. The second kappa shape index (κ2) is 5.18. The summed E-state index contributed by atoms with van der Waals surface area (Å²) >= 11 is 18.6. The number of thiophene rings is 1. The van der Waals surface area contributed by atoms with E-state index in [9.17, 15) is 4.79 Å². The summed E-state index contributed by atoms with van der Waals surface area (Å²) in [5.41, 5.74) is 0.172. The number of nitrogens with zero attached hydrogens (tertiary/aromatic N) is 2. The van der Waals surface area contributed by atoms with Crippen molar-refractivity contribution >= 4 is 57.7 Å². The van der Waals surface area contributed by atoms with E-state index < -0.39 is 5.91 Å². The molecule has 4 nitrogen and oxygen atoms in total. The van der Waals surface area contributed by atoms with Gasteiger partial charge in [-0.25, -0.2) is 9.97 Å². The molecule has 2 aromatic heterocycles. The molecule has 1 N–H and O–H groups in total. The summed E-state index contributed by atoms with van der Waals surface area (Å²) in [5.74, 6) is -0.399. The van der Waals surface area contributed by atoms with Crippen LogP contribution in [-0.2, 0) is 0 Å². The van der Waals surface area contributed by atoms with Gasteiger partial charge in [-0.1, -0.05) is 34.8 Å². The molecule has 2 rings (SSSR count). The molecule has 0 aromatic carbocycles. The lowest BCUT2D eigenvalue weighted by molar-refractivity contribution is 0.103. The molecule has 0 fully saturated rings. The first-order valence-corrected chi connectivity index (χ1v) is 6.31. The van der Waals surface area contributed by atoms with Crippen LogP contribution in [0.15, 0.2) is 17.8 Å². The molecule has 1 amide bonds. The number of anilines is 1. The van der Waals surface area contributed by atoms with Crippen LogP contribution in [-0.4, -0.2) is 15.9 Å². The zero-order valence-corrected chi connectivity index (χ0v) is 11.2. The average Bonchev–Trinajstić information content (AvgIpc) is 2.70. The first-order valence-electron chi connectivity index (χ1n) is 4.30. The summed E-state index contributed by atoms with van der Waals surface area (Å²) in [6.07, 6.45) is 1.21. The highest BCUT2D eigenvalue weighted by atomic mass is 35.5. The van der Waals surface area contributed by atoms with Crippen LogP contribution in [0.25, 0.3) is 0 Å². The fraction of sp³-hybridized carbons (Fsp3) is 0. The van der Waals surface area contributed by atoms with Gasteiger partial charge in [0.05, 0.1) is 5.02 Å². The van der Waals surface area contributed by atoms with Crippen molar-refractivity contribution in [3.63, 3.8) is 0 Å². The molecule has 0 unspecified atom stereocenters. The molecule has 0 atom stereocenters. The monoisotopic (exact) mass is 307 g/mol. The largest absolute Gasteiger partial charge is 0.316 e. The zero-order chi connectivity index (χ0) is 12.4. The molecule has 0 aliphatic carbocycles. The number of carbonyl (C=O) groups excluding carboxylic acids is 1. The van der Waals surface area contributed by atoms with Gasteiger partial charge >= 0.3 is 0 Å². The molecule has 0 saturated heterocycles. The Hall–Kier alpha value is -0.880. The molecule has 2 heterocycles. The van der Waals surface area contributed by atoms with Gasteiger partial charge in [0, 0.05) is 0 Å². The van der Waals surface area contributed by atoms with Gasteiger partial charge < -0.3 is 5.32 Å². The van der Waals surface area contributed by atoms with Gasteiger partial charge in [0.1, 0.15) is 16.9 Å². The predicted molar refractivity (Wildman–Crippen MR) is 69.3 cm³/mol. The number of nitrogens with one attached hydrogen (secondary N) is 1. The van der Waals surface area contributed by atoms with Crippen LogP contribution in [0.2, 0.25) is 15.3 Å². The third kappa shape index (κ3) is 2.69. The first-order chi connectivity index (χ1) is 8.09. The fourth-order valence-electron chi connectivity index (χ4n) is 1.07. The highest BCUT2D eigenvalue weighted by molar-refractivity contribution is 7.12. The van der Waals surface area contributed by atoms with Crippen LogP contribution in [0.5, 0.6) is 0 Å². The van der Waals surface area contributed by atoms with Crippen LogP contribution in [0, 0.1) is 0 Å². The van der Waals surface area contributed by atoms with Crippen LogP contribution in [0.1, 0.15) is 9.67 Å². The Kier molecular flexibility index (Phi) is 3.83. The van der Waals surface area contributed by atoms with Crippen molar-refractivity contribution in [1.82, 2.24) is 9.97 Å². The summed E-state index contributed by atoms with van der Waals surface area (Å²) in [4.78, 5) is 19.7. The van der Waals surface area contributed by atoms with Crippen LogP contribution >= 0.6 is 46.1 Å². The second-order valence-corrected chi connectivity index (χ2v) is 4.92. The van der Waals surface area contributed by atoms with Crippen molar-refractivity contribution in [3.8, 4) is 0 Å². The molecule has 0 bridgehead atoms. The fourth-order valence-corrected chi connectivity index (χ4v) is 2.52. The standard InChI is InChI=1S/C9H4Cl3N3OS/c10-4-1-2-17-6(4)9(16)15-5-7(11)13-3-14-8(5)12/h1-3H,(H,15,16). The number of amides is 1. The van der Waals surface area contributed by atoms with E-state index >= 15 is 0 Å². The Morgan fingerprint density at radius 1 is 1.24 bits per heavy atom. The molecule has 88 valence electrons. The van der Waals surface area contributed by atoms with Crippen molar-refractivity contribution in [3.05, 3.63) is 38.0 Å². The Balaban J connectivity index is 2.28. The van der Waals surface area contributed by atoms with E-state index in [1.165, 1.54) is 17.7 Å². The molecule has 0 aliphatic rings. The lowest BCUT2D eigenvalue weighted by Gasteiger charge is -2.06. The zero-order valence-electron chi connectivity index (χ0n) is 8.08. The van der Waals surface area contributed by atoms with E-state index in [4.69, 9.17) is 34.8 Å². The number of rotatable bonds is 2. The van der Waals surface area contributed by atoms with Crippen molar-refractivity contribution in [2.75, 3.05) is 5.32 Å². The van der Waals surface area contributed by atoms with Gasteiger partial charge in [-0.15, -0.1) is 11.3 Å². The summed E-state index contributed by atoms with van der Waals surface area (Å²) in [6.45, 7) is 0. The second-order valence-electron chi connectivity index (χ2n) is 2.88. The van der Waals surface area contributed by atoms with Gasteiger partial charge in [-0.3, -0.25) is 4.79 Å². The number of aromatic nitrogens is 2. The Labute approximate surface area is 116 Å². The summed E-state index contributed by atoms with van der Waals surface area (Å²) in [6, 6.07) is 1.63. The first kappa shape index (κ1) is 12.6. The third-order valence-corrected chi connectivity index (χ3v) is 3.73. The maximum absolute atomic E-state index is 11.8. The molecule has 0 aliphatic heterocycles. The molecule has 0 saturated carbocycles. The normalized spacial score (nSPS) is 10.3. The molecular weight excluding hydrogens is 305 g/mol.